The number of aromatic nitrogens is 1. The molecular formula is C9H13N3. The highest BCUT2D eigenvalue weighted by atomic mass is 14.8. The molecule has 0 bridgehead atoms. The predicted molar refractivity (Wildman–Crippen MR) is 51.3 cm³/mol. The highest BCUT2D eigenvalue weighted by Gasteiger charge is 2.04. The molecule has 0 spiro atoms. The zero-order chi connectivity index (χ0) is 9.30. The number of pyridine rings is 1. The number of aryl methyl sites for hydroxylation is 2. The van der Waals surface area contributed by atoms with Crippen LogP contribution in [0, 0.1) is 13.8 Å². The van der Waals surface area contributed by atoms with E-state index in [4.69, 9.17) is 11.5 Å². The van der Waals surface area contributed by atoms with Crippen molar-refractivity contribution < 1.29 is 0 Å². The summed E-state index contributed by atoms with van der Waals surface area (Å²) in [6, 6.07) is 1.84. The molecule has 0 unspecified atom stereocenters. The van der Waals surface area contributed by atoms with Crippen LogP contribution in [0.25, 0.3) is 5.70 Å². The Morgan fingerprint density at radius 3 is 2.58 bits per heavy atom. The highest BCUT2D eigenvalue weighted by molar-refractivity contribution is 5.73. The summed E-state index contributed by atoms with van der Waals surface area (Å²) in [6.07, 6.45) is 0. The van der Waals surface area contributed by atoms with Crippen molar-refractivity contribution in [3.8, 4) is 0 Å². The molecule has 0 saturated carbocycles. The normalized spacial score (nSPS) is 9.83. The fourth-order valence-corrected chi connectivity index (χ4v) is 1.10. The fourth-order valence-electron chi connectivity index (χ4n) is 1.10. The van der Waals surface area contributed by atoms with Gasteiger partial charge in [0.05, 0.1) is 11.4 Å². The van der Waals surface area contributed by atoms with E-state index in [0.717, 1.165) is 17.0 Å². The molecular weight excluding hydrogens is 150 g/mol. The van der Waals surface area contributed by atoms with Gasteiger partial charge in [0, 0.05) is 17.0 Å². The average Bonchev–Trinajstić information content (AvgIpc) is 1.96. The first-order chi connectivity index (χ1) is 5.52. The molecule has 3 heteroatoms. The third-order valence-corrected chi connectivity index (χ3v) is 1.72. The second-order valence-electron chi connectivity index (χ2n) is 2.84. The Morgan fingerprint density at radius 2 is 2.08 bits per heavy atom. The molecule has 1 aromatic heterocycles. The summed E-state index contributed by atoms with van der Waals surface area (Å²) in [7, 11) is 0. The first kappa shape index (κ1) is 8.59. The van der Waals surface area contributed by atoms with Gasteiger partial charge in [0.2, 0.25) is 0 Å². The summed E-state index contributed by atoms with van der Waals surface area (Å²) in [4.78, 5) is 4.19. The lowest BCUT2D eigenvalue weighted by atomic mass is 10.1. The average molecular weight is 163 g/mol. The maximum atomic E-state index is 5.75. The first-order valence-corrected chi connectivity index (χ1v) is 3.71. The van der Waals surface area contributed by atoms with E-state index in [1.165, 1.54) is 0 Å². The zero-order valence-corrected chi connectivity index (χ0v) is 7.39. The van der Waals surface area contributed by atoms with E-state index in [-0.39, 0.29) is 0 Å². The van der Waals surface area contributed by atoms with Gasteiger partial charge in [0.1, 0.15) is 0 Å². The molecule has 0 saturated heterocycles. The Labute approximate surface area is 72.1 Å². The van der Waals surface area contributed by atoms with Crippen LogP contribution in [0.4, 0.5) is 5.69 Å². The summed E-state index contributed by atoms with van der Waals surface area (Å²) >= 11 is 0. The van der Waals surface area contributed by atoms with Crippen LogP contribution in [0.15, 0.2) is 12.6 Å². The van der Waals surface area contributed by atoms with Gasteiger partial charge in [0.25, 0.3) is 0 Å². The van der Waals surface area contributed by atoms with Gasteiger partial charge >= 0.3 is 0 Å². The third kappa shape index (κ3) is 1.39. The molecule has 12 heavy (non-hydrogen) atoms. The topological polar surface area (TPSA) is 64.9 Å². The monoisotopic (exact) mass is 163 g/mol. The number of anilines is 1. The third-order valence-electron chi connectivity index (χ3n) is 1.72. The lowest BCUT2D eigenvalue weighted by molar-refractivity contribution is 1.12. The second-order valence-corrected chi connectivity index (χ2v) is 2.84. The van der Waals surface area contributed by atoms with Gasteiger partial charge in [-0.2, -0.15) is 0 Å². The molecule has 0 fully saturated rings. The molecule has 0 aliphatic carbocycles. The van der Waals surface area contributed by atoms with Gasteiger partial charge in [-0.1, -0.05) is 6.58 Å². The van der Waals surface area contributed by atoms with Crippen LogP contribution in [0.1, 0.15) is 17.0 Å². The van der Waals surface area contributed by atoms with Crippen molar-refractivity contribution in [2.75, 3.05) is 5.73 Å². The van der Waals surface area contributed by atoms with Gasteiger partial charge in [-0.25, -0.2) is 0 Å². The summed E-state index contributed by atoms with van der Waals surface area (Å²) in [5.41, 5.74) is 14.9. The zero-order valence-electron chi connectivity index (χ0n) is 7.39. The molecule has 0 aromatic carbocycles. The standard InChI is InChI=1S/C9H13N3/c1-5-4-8(6(2)10)9(11)7(3)12-5/h4H,2,10-11H2,1,3H3. The van der Waals surface area contributed by atoms with Crippen molar-refractivity contribution in [2.24, 2.45) is 5.73 Å². The maximum absolute atomic E-state index is 5.75. The predicted octanol–water partition coefficient (Wildman–Crippen LogP) is 1.21. The first-order valence-electron chi connectivity index (χ1n) is 3.71. The van der Waals surface area contributed by atoms with E-state index in [1.807, 2.05) is 19.9 Å². The van der Waals surface area contributed by atoms with Crippen molar-refractivity contribution in [3.63, 3.8) is 0 Å². The minimum Gasteiger partial charge on any atom is -0.399 e. The number of nitrogens with zero attached hydrogens (tertiary/aromatic N) is 1. The lowest BCUT2D eigenvalue weighted by Crippen LogP contribution is -2.04. The Morgan fingerprint density at radius 1 is 1.50 bits per heavy atom. The van der Waals surface area contributed by atoms with Gasteiger partial charge < -0.3 is 11.5 Å². The van der Waals surface area contributed by atoms with Crippen molar-refractivity contribution >= 4 is 11.4 Å². The van der Waals surface area contributed by atoms with Crippen LogP contribution in [0.3, 0.4) is 0 Å². The molecule has 3 nitrogen and oxygen atoms in total. The molecule has 0 atom stereocenters. The number of hydrogen-bond donors (Lipinski definition) is 2. The molecule has 4 N–H and O–H groups in total. The number of nitrogens with two attached hydrogens (primary N) is 2. The fraction of sp³-hybridized carbons (Fsp3) is 0.222. The van der Waals surface area contributed by atoms with Crippen LogP contribution in [-0.2, 0) is 0 Å². The molecule has 64 valence electrons. The smallest absolute Gasteiger partial charge is 0.0624 e. The minimum absolute atomic E-state index is 0.487. The Bertz CT molecular complexity index is 329. The van der Waals surface area contributed by atoms with E-state index < -0.39 is 0 Å². The SMILES string of the molecule is C=C(N)c1cc(C)nc(C)c1N. The van der Waals surface area contributed by atoms with Gasteiger partial charge in [0.15, 0.2) is 0 Å². The molecule has 1 heterocycles. The van der Waals surface area contributed by atoms with E-state index in [9.17, 15) is 0 Å². The summed E-state index contributed by atoms with van der Waals surface area (Å²) in [6.45, 7) is 7.40. The Balaban J connectivity index is 3.37. The number of hydrogen-bond acceptors (Lipinski definition) is 3. The van der Waals surface area contributed by atoms with Crippen molar-refractivity contribution in [1.29, 1.82) is 0 Å². The summed E-state index contributed by atoms with van der Waals surface area (Å²) in [5, 5.41) is 0. The Kier molecular flexibility index (Phi) is 2.04. The molecule has 1 aromatic rings. The van der Waals surface area contributed by atoms with Crippen LogP contribution < -0.4 is 11.5 Å². The quantitative estimate of drug-likeness (QED) is 0.654. The van der Waals surface area contributed by atoms with Crippen LogP contribution >= 0.6 is 0 Å². The largest absolute Gasteiger partial charge is 0.399 e. The van der Waals surface area contributed by atoms with Crippen LogP contribution in [0.2, 0.25) is 0 Å². The summed E-state index contributed by atoms with van der Waals surface area (Å²) in [5.74, 6) is 0. The van der Waals surface area contributed by atoms with E-state index in [0.29, 0.717) is 11.4 Å². The van der Waals surface area contributed by atoms with Crippen molar-refractivity contribution in [3.05, 3.63) is 29.6 Å². The lowest BCUT2D eigenvalue weighted by Gasteiger charge is -2.08. The molecule has 0 aliphatic rings. The minimum atomic E-state index is 0.487. The number of rotatable bonds is 1. The van der Waals surface area contributed by atoms with Gasteiger partial charge in [-0.3, -0.25) is 4.98 Å². The highest BCUT2D eigenvalue weighted by Crippen LogP contribution is 2.19. The molecule has 1 rings (SSSR count). The van der Waals surface area contributed by atoms with Crippen molar-refractivity contribution in [2.45, 2.75) is 13.8 Å². The molecule has 0 aliphatic heterocycles. The van der Waals surface area contributed by atoms with E-state index in [2.05, 4.69) is 11.6 Å². The van der Waals surface area contributed by atoms with E-state index in [1.54, 1.807) is 0 Å². The van der Waals surface area contributed by atoms with E-state index >= 15 is 0 Å². The van der Waals surface area contributed by atoms with Crippen LogP contribution in [0.5, 0.6) is 0 Å². The number of nitrogen functional groups attached to an aromatic ring is 1. The van der Waals surface area contributed by atoms with Crippen LogP contribution in [-0.4, -0.2) is 4.98 Å². The van der Waals surface area contributed by atoms with Gasteiger partial charge in [-0.15, -0.1) is 0 Å². The second kappa shape index (κ2) is 2.85. The molecule has 0 radical (unpaired) electrons. The Hall–Kier alpha value is -1.51. The van der Waals surface area contributed by atoms with Gasteiger partial charge in [-0.05, 0) is 19.9 Å². The molecule has 0 amide bonds. The maximum Gasteiger partial charge on any atom is 0.0624 e. The van der Waals surface area contributed by atoms with Crippen molar-refractivity contribution in [1.82, 2.24) is 4.98 Å². The summed E-state index contributed by atoms with van der Waals surface area (Å²) < 4.78 is 0.